The summed E-state index contributed by atoms with van der Waals surface area (Å²) in [6.45, 7) is 10.0. The van der Waals surface area contributed by atoms with Crippen molar-refractivity contribution in [2.75, 3.05) is 63.9 Å². The molecule has 11 heteroatoms. The van der Waals surface area contributed by atoms with Gasteiger partial charge in [-0.05, 0) is 25.0 Å². The van der Waals surface area contributed by atoms with Crippen molar-refractivity contribution in [2.45, 2.75) is 31.2 Å². The zero-order chi connectivity index (χ0) is 23.4. The summed E-state index contributed by atoms with van der Waals surface area (Å²) >= 11 is 0. The van der Waals surface area contributed by atoms with Crippen LogP contribution in [0.3, 0.4) is 0 Å². The predicted molar refractivity (Wildman–Crippen MR) is 119 cm³/mol. The van der Waals surface area contributed by atoms with E-state index in [0.717, 1.165) is 0 Å². The zero-order valence-corrected chi connectivity index (χ0v) is 19.8. The highest BCUT2D eigenvalue weighted by Crippen LogP contribution is 2.20. The highest BCUT2D eigenvalue weighted by atomic mass is 32.2. The summed E-state index contributed by atoms with van der Waals surface area (Å²) in [7, 11) is -3.56. The molecule has 1 amide bonds. The molecule has 2 aliphatic rings. The molecule has 32 heavy (non-hydrogen) atoms. The smallest absolute Gasteiger partial charge is 0.244 e. The van der Waals surface area contributed by atoms with E-state index in [4.69, 9.17) is 4.74 Å². The average Bonchev–Trinajstić information content (AvgIpc) is 2.80. The van der Waals surface area contributed by atoms with Crippen molar-refractivity contribution in [3.05, 3.63) is 18.3 Å². The lowest BCUT2D eigenvalue weighted by Gasteiger charge is -2.36. The van der Waals surface area contributed by atoms with Crippen molar-refractivity contribution in [1.29, 1.82) is 5.26 Å². The maximum Gasteiger partial charge on any atom is 0.244 e. The molecule has 0 bridgehead atoms. The normalized spacial score (nSPS) is 20.5. The number of amides is 1. The van der Waals surface area contributed by atoms with Gasteiger partial charge in [-0.25, -0.2) is 13.4 Å². The fourth-order valence-corrected chi connectivity index (χ4v) is 4.97. The van der Waals surface area contributed by atoms with Crippen molar-refractivity contribution in [1.82, 2.24) is 19.5 Å². The number of anilines is 1. The van der Waals surface area contributed by atoms with Crippen LogP contribution in [0.5, 0.6) is 0 Å². The number of hydrogen-bond donors (Lipinski definition) is 1. The van der Waals surface area contributed by atoms with Crippen LogP contribution in [-0.4, -0.2) is 93.1 Å². The van der Waals surface area contributed by atoms with Gasteiger partial charge in [0.25, 0.3) is 0 Å². The summed E-state index contributed by atoms with van der Waals surface area (Å²) in [4.78, 5) is 21.1. The molecule has 0 spiro atoms. The number of ether oxygens (including phenoxy) is 1. The number of pyridine rings is 1. The highest BCUT2D eigenvalue weighted by molar-refractivity contribution is 7.89. The molecule has 1 atom stereocenters. The SMILES string of the molecule is CC(C)C(C)(C#N)NC(=O)CN1CCN(c2ccc(S(=O)(=O)N3CCOCC3)cn2)CC1. The second kappa shape index (κ2) is 10.1. The number of nitrogens with one attached hydrogen (secondary N) is 1. The minimum atomic E-state index is -3.56. The number of carbonyl (C=O) groups excluding carboxylic acids is 1. The zero-order valence-electron chi connectivity index (χ0n) is 19.0. The molecule has 0 aliphatic carbocycles. The Kier molecular flexibility index (Phi) is 7.71. The van der Waals surface area contributed by atoms with Crippen molar-refractivity contribution >= 4 is 21.7 Å². The van der Waals surface area contributed by atoms with Crippen LogP contribution in [0.25, 0.3) is 0 Å². The Morgan fingerprint density at radius 1 is 1.22 bits per heavy atom. The Morgan fingerprint density at radius 3 is 2.41 bits per heavy atom. The van der Waals surface area contributed by atoms with Crippen LogP contribution in [0.1, 0.15) is 20.8 Å². The molecule has 2 aliphatic heterocycles. The van der Waals surface area contributed by atoms with E-state index in [-0.39, 0.29) is 23.3 Å². The topological polar surface area (TPSA) is 119 Å². The van der Waals surface area contributed by atoms with Gasteiger partial charge in [0.05, 0.1) is 25.8 Å². The average molecular weight is 465 g/mol. The van der Waals surface area contributed by atoms with Crippen LogP contribution in [0.15, 0.2) is 23.2 Å². The van der Waals surface area contributed by atoms with Gasteiger partial charge in [0.1, 0.15) is 16.3 Å². The molecule has 0 saturated carbocycles. The molecule has 2 saturated heterocycles. The summed E-state index contributed by atoms with van der Waals surface area (Å²) in [6, 6.07) is 5.52. The van der Waals surface area contributed by atoms with Crippen molar-refractivity contribution in [2.24, 2.45) is 5.92 Å². The second-order valence-electron chi connectivity index (χ2n) is 8.65. The molecule has 176 valence electrons. The molecule has 1 N–H and O–H groups in total. The number of hydrogen-bond acceptors (Lipinski definition) is 8. The Hall–Kier alpha value is -2.26. The van der Waals surface area contributed by atoms with E-state index in [1.165, 1.54) is 10.5 Å². The molecule has 10 nitrogen and oxygen atoms in total. The van der Waals surface area contributed by atoms with Gasteiger partial charge in [-0.15, -0.1) is 0 Å². The number of carbonyl (C=O) groups is 1. The van der Waals surface area contributed by atoms with Gasteiger partial charge in [-0.3, -0.25) is 9.69 Å². The fourth-order valence-electron chi connectivity index (χ4n) is 3.62. The number of aromatic nitrogens is 1. The molecular weight excluding hydrogens is 432 g/mol. The van der Waals surface area contributed by atoms with Gasteiger partial charge in [0, 0.05) is 45.5 Å². The largest absolute Gasteiger partial charge is 0.379 e. The van der Waals surface area contributed by atoms with Crippen LogP contribution < -0.4 is 10.2 Å². The van der Waals surface area contributed by atoms with Crippen LogP contribution in [-0.2, 0) is 19.6 Å². The third-order valence-electron chi connectivity index (χ3n) is 6.18. The molecule has 1 aromatic heterocycles. The van der Waals surface area contributed by atoms with E-state index in [9.17, 15) is 18.5 Å². The van der Waals surface area contributed by atoms with E-state index >= 15 is 0 Å². The van der Waals surface area contributed by atoms with Gasteiger partial charge in [0.2, 0.25) is 15.9 Å². The molecule has 2 fully saturated rings. The number of sulfonamides is 1. The lowest BCUT2D eigenvalue weighted by atomic mass is 9.90. The second-order valence-corrected chi connectivity index (χ2v) is 10.6. The summed E-state index contributed by atoms with van der Waals surface area (Å²) in [5, 5.41) is 12.2. The quantitative estimate of drug-likeness (QED) is 0.611. The van der Waals surface area contributed by atoms with Crippen LogP contribution in [0.2, 0.25) is 0 Å². The van der Waals surface area contributed by atoms with E-state index in [1.807, 2.05) is 18.7 Å². The van der Waals surface area contributed by atoms with Gasteiger partial charge in [0.15, 0.2) is 0 Å². The van der Waals surface area contributed by atoms with Crippen molar-refractivity contribution in [3.8, 4) is 6.07 Å². The lowest BCUT2D eigenvalue weighted by Crippen LogP contribution is -2.54. The van der Waals surface area contributed by atoms with Crippen LogP contribution >= 0.6 is 0 Å². The van der Waals surface area contributed by atoms with Gasteiger partial charge >= 0.3 is 0 Å². The fraction of sp³-hybridized carbons (Fsp3) is 0.667. The summed E-state index contributed by atoms with van der Waals surface area (Å²) in [5.74, 6) is 0.563. The van der Waals surface area contributed by atoms with Gasteiger partial charge < -0.3 is 15.0 Å². The minimum absolute atomic E-state index is 0.00871. The number of nitrogens with zero attached hydrogens (tertiary/aromatic N) is 5. The van der Waals surface area contributed by atoms with E-state index < -0.39 is 15.6 Å². The van der Waals surface area contributed by atoms with Crippen LogP contribution in [0.4, 0.5) is 5.82 Å². The lowest BCUT2D eigenvalue weighted by molar-refractivity contribution is -0.124. The number of piperazine rings is 1. The number of rotatable bonds is 7. The van der Waals surface area contributed by atoms with Crippen molar-refractivity contribution in [3.63, 3.8) is 0 Å². The third-order valence-corrected chi connectivity index (χ3v) is 8.06. The molecule has 1 unspecified atom stereocenters. The Labute approximate surface area is 190 Å². The first-order valence-electron chi connectivity index (χ1n) is 10.9. The summed E-state index contributed by atoms with van der Waals surface area (Å²) < 4.78 is 32.1. The first-order valence-corrected chi connectivity index (χ1v) is 12.3. The minimum Gasteiger partial charge on any atom is -0.379 e. The van der Waals surface area contributed by atoms with Crippen LogP contribution in [0, 0.1) is 17.2 Å². The van der Waals surface area contributed by atoms with E-state index in [0.29, 0.717) is 58.3 Å². The molecular formula is C21H32N6O4S. The first-order chi connectivity index (χ1) is 15.2. The third kappa shape index (κ3) is 5.56. The molecule has 0 aromatic carbocycles. The standard InChI is InChI=1S/C21H32N6O4S/c1-17(2)21(3,16-22)24-20(28)15-25-6-8-26(9-7-25)19-5-4-18(14-23-19)32(29,30)27-10-12-31-13-11-27/h4-5,14,17H,6-13,15H2,1-3H3,(H,24,28). The van der Waals surface area contributed by atoms with Crippen molar-refractivity contribution < 1.29 is 17.9 Å². The number of nitriles is 1. The van der Waals surface area contributed by atoms with Gasteiger partial charge in [-0.1, -0.05) is 13.8 Å². The predicted octanol–water partition coefficient (Wildman–Crippen LogP) is 0.279. The monoisotopic (exact) mass is 464 g/mol. The molecule has 1 aromatic rings. The maximum absolute atomic E-state index is 12.7. The first kappa shape index (κ1) is 24.4. The van der Waals surface area contributed by atoms with E-state index in [1.54, 1.807) is 19.1 Å². The molecule has 0 radical (unpaired) electrons. The summed E-state index contributed by atoms with van der Waals surface area (Å²) in [5.41, 5.74) is -0.883. The van der Waals surface area contributed by atoms with Gasteiger partial charge in [-0.2, -0.15) is 9.57 Å². The van der Waals surface area contributed by atoms with E-state index in [2.05, 4.69) is 21.3 Å². The Balaban J connectivity index is 1.53. The summed E-state index contributed by atoms with van der Waals surface area (Å²) in [6.07, 6.45) is 1.41. The highest BCUT2D eigenvalue weighted by Gasteiger charge is 2.31. The Morgan fingerprint density at radius 2 is 1.88 bits per heavy atom. The molecule has 3 rings (SSSR count). The molecule has 3 heterocycles. The maximum atomic E-state index is 12.7. The Bertz CT molecular complexity index is 932. The number of morpholine rings is 1.